The van der Waals surface area contributed by atoms with Crippen molar-refractivity contribution in [2.24, 2.45) is 0 Å². The first-order chi connectivity index (χ1) is 13.8. The minimum absolute atomic E-state index is 0.248. The molecule has 3 unspecified atom stereocenters. The fraction of sp³-hybridized carbons (Fsp3) is 0.421. The number of nitrogens with zero attached hydrogens (tertiary/aromatic N) is 2. The molecule has 1 aromatic carbocycles. The molecule has 1 amide bonds. The van der Waals surface area contributed by atoms with Crippen LogP contribution in [-0.4, -0.2) is 73.6 Å². The highest BCUT2D eigenvalue weighted by atomic mass is 16.6. The van der Waals surface area contributed by atoms with Crippen molar-refractivity contribution in [1.29, 1.82) is 0 Å². The molecule has 0 saturated carbocycles. The van der Waals surface area contributed by atoms with E-state index in [2.05, 4.69) is 20.6 Å². The second-order valence-corrected chi connectivity index (χ2v) is 6.91. The number of anilines is 2. The van der Waals surface area contributed by atoms with Crippen molar-refractivity contribution in [3.8, 4) is 0 Å². The third kappa shape index (κ3) is 4.86. The summed E-state index contributed by atoms with van der Waals surface area (Å²) >= 11 is 0. The van der Waals surface area contributed by atoms with Crippen LogP contribution in [0, 0.1) is 13.8 Å². The number of amides is 1. The molecule has 156 valence electrons. The number of nitrogens with one attached hydrogen (secondary N) is 2. The zero-order chi connectivity index (χ0) is 21.1. The Morgan fingerprint density at radius 1 is 1.10 bits per heavy atom. The Morgan fingerprint density at radius 3 is 2.45 bits per heavy atom. The summed E-state index contributed by atoms with van der Waals surface area (Å²) in [5, 5.41) is 44.7. The van der Waals surface area contributed by atoms with Crippen LogP contribution in [0.1, 0.15) is 21.7 Å². The summed E-state index contributed by atoms with van der Waals surface area (Å²) < 4.78 is 5.04. The third-order valence-electron chi connectivity index (χ3n) is 4.56. The van der Waals surface area contributed by atoms with Gasteiger partial charge in [0.2, 0.25) is 5.95 Å². The highest BCUT2D eigenvalue weighted by Crippen LogP contribution is 2.21. The van der Waals surface area contributed by atoms with Crippen molar-refractivity contribution in [3.63, 3.8) is 0 Å². The molecule has 3 rings (SSSR count). The van der Waals surface area contributed by atoms with Gasteiger partial charge in [0.25, 0.3) is 5.91 Å². The molecule has 1 aliphatic heterocycles. The van der Waals surface area contributed by atoms with Crippen molar-refractivity contribution in [3.05, 3.63) is 47.3 Å². The fourth-order valence-electron chi connectivity index (χ4n) is 3.14. The number of ether oxygens (including phenoxy) is 1. The van der Waals surface area contributed by atoms with Gasteiger partial charge in [-0.15, -0.1) is 0 Å². The summed E-state index contributed by atoms with van der Waals surface area (Å²) in [6, 6.07) is 7.08. The van der Waals surface area contributed by atoms with Crippen LogP contribution < -0.4 is 10.6 Å². The van der Waals surface area contributed by atoms with Crippen molar-refractivity contribution < 1.29 is 30.0 Å². The van der Waals surface area contributed by atoms with E-state index in [0.29, 0.717) is 11.6 Å². The van der Waals surface area contributed by atoms with Crippen LogP contribution in [0.25, 0.3) is 0 Å². The standard InChI is InChI=1S/C19H24N4O6/c1-9-6-10(2)21-19(20-9)22-12-5-3-4-11(7-12)17(27)23-14-16(26)15(25)13(8-24)29-18(14)28/h3-7,13-16,18,24-26,28H,8H2,1-2H3,(H,23,27)(H,20,21,22)/t13-,14?,15?,16-,18?/m1/s1. The second kappa shape index (κ2) is 8.80. The van der Waals surface area contributed by atoms with Crippen LogP contribution in [0.5, 0.6) is 0 Å². The van der Waals surface area contributed by atoms with Gasteiger partial charge < -0.3 is 35.8 Å². The number of benzene rings is 1. The molecule has 1 saturated heterocycles. The molecule has 10 nitrogen and oxygen atoms in total. The second-order valence-electron chi connectivity index (χ2n) is 6.91. The number of hydrogen-bond acceptors (Lipinski definition) is 9. The van der Waals surface area contributed by atoms with Gasteiger partial charge in [0.15, 0.2) is 6.29 Å². The Labute approximate surface area is 167 Å². The topological polar surface area (TPSA) is 157 Å². The van der Waals surface area contributed by atoms with E-state index in [1.807, 2.05) is 19.9 Å². The minimum Gasteiger partial charge on any atom is -0.394 e. The number of carbonyl (C=O) groups excluding carboxylic acids is 1. The van der Waals surface area contributed by atoms with E-state index in [9.17, 15) is 20.1 Å². The lowest BCUT2D eigenvalue weighted by Crippen LogP contribution is -2.64. The maximum absolute atomic E-state index is 12.6. The zero-order valence-corrected chi connectivity index (χ0v) is 16.0. The number of aliphatic hydroxyl groups is 4. The Morgan fingerprint density at radius 2 is 1.79 bits per heavy atom. The average Bonchev–Trinajstić information content (AvgIpc) is 2.67. The molecule has 10 heteroatoms. The molecule has 0 radical (unpaired) electrons. The quantitative estimate of drug-likeness (QED) is 0.382. The molecule has 29 heavy (non-hydrogen) atoms. The largest absolute Gasteiger partial charge is 0.394 e. The van der Waals surface area contributed by atoms with E-state index in [1.165, 1.54) is 0 Å². The summed E-state index contributed by atoms with van der Waals surface area (Å²) in [5.41, 5.74) is 2.42. The first-order valence-corrected chi connectivity index (χ1v) is 9.09. The lowest BCUT2D eigenvalue weighted by molar-refractivity contribution is -0.252. The number of aromatic nitrogens is 2. The number of carbonyl (C=O) groups is 1. The smallest absolute Gasteiger partial charge is 0.251 e. The van der Waals surface area contributed by atoms with Gasteiger partial charge in [-0.1, -0.05) is 6.07 Å². The molecule has 0 aliphatic carbocycles. The maximum atomic E-state index is 12.6. The van der Waals surface area contributed by atoms with Gasteiger partial charge in [-0.3, -0.25) is 4.79 Å². The van der Waals surface area contributed by atoms with Gasteiger partial charge in [0.05, 0.1) is 6.61 Å². The van der Waals surface area contributed by atoms with Gasteiger partial charge in [-0.05, 0) is 38.1 Å². The van der Waals surface area contributed by atoms with Gasteiger partial charge in [-0.25, -0.2) is 9.97 Å². The molecule has 0 bridgehead atoms. The van der Waals surface area contributed by atoms with Crippen LogP contribution in [0.2, 0.25) is 0 Å². The predicted octanol–water partition coefficient (Wildman–Crippen LogP) is -0.633. The number of rotatable bonds is 5. The van der Waals surface area contributed by atoms with Gasteiger partial charge in [0.1, 0.15) is 24.4 Å². The Bertz CT molecular complexity index is 859. The van der Waals surface area contributed by atoms with E-state index in [4.69, 9.17) is 9.84 Å². The highest BCUT2D eigenvalue weighted by Gasteiger charge is 2.44. The monoisotopic (exact) mass is 404 g/mol. The summed E-state index contributed by atoms with van der Waals surface area (Å²) in [7, 11) is 0. The molecule has 2 heterocycles. The molecule has 6 N–H and O–H groups in total. The lowest BCUT2D eigenvalue weighted by Gasteiger charge is -2.40. The molecule has 5 atom stereocenters. The van der Waals surface area contributed by atoms with Gasteiger partial charge >= 0.3 is 0 Å². The molecule has 0 spiro atoms. The first-order valence-electron chi connectivity index (χ1n) is 9.09. The molecule has 2 aromatic rings. The Kier molecular flexibility index (Phi) is 6.40. The molecule has 1 aromatic heterocycles. The van der Waals surface area contributed by atoms with E-state index in [-0.39, 0.29) is 5.56 Å². The molecular weight excluding hydrogens is 380 g/mol. The van der Waals surface area contributed by atoms with Crippen LogP contribution in [0.3, 0.4) is 0 Å². The van der Waals surface area contributed by atoms with E-state index < -0.39 is 43.2 Å². The number of aliphatic hydroxyl groups excluding tert-OH is 4. The van der Waals surface area contributed by atoms with Crippen molar-refractivity contribution in [2.75, 3.05) is 11.9 Å². The lowest BCUT2D eigenvalue weighted by atomic mass is 9.96. The Balaban J connectivity index is 1.72. The number of hydrogen-bond donors (Lipinski definition) is 6. The summed E-state index contributed by atoms with van der Waals surface area (Å²) in [4.78, 5) is 21.2. The minimum atomic E-state index is -1.58. The normalized spacial score (nSPS) is 26.8. The first kappa shape index (κ1) is 21.1. The highest BCUT2D eigenvalue weighted by molar-refractivity contribution is 5.95. The maximum Gasteiger partial charge on any atom is 0.251 e. The Hall–Kier alpha value is -2.63. The summed E-state index contributed by atoms with van der Waals surface area (Å²) in [6.07, 6.45) is -5.69. The third-order valence-corrected chi connectivity index (χ3v) is 4.56. The molecular formula is C19H24N4O6. The van der Waals surface area contributed by atoms with E-state index in [1.54, 1.807) is 24.3 Å². The molecule has 1 aliphatic rings. The van der Waals surface area contributed by atoms with Crippen molar-refractivity contribution >= 4 is 17.5 Å². The van der Waals surface area contributed by atoms with Gasteiger partial charge in [-0.2, -0.15) is 0 Å². The van der Waals surface area contributed by atoms with E-state index in [0.717, 1.165) is 11.4 Å². The molecule has 1 fully saturated rings. The van der Waals surface area contributed by atoms with Gasteiger partial charge in [0, 0.05) is 22.6 Å². The van der Waals surface area contributed by atoms with E-state index >= 15 is 0 Å². The predicted molar refractivity (Wildman–Crippen MR) is 102 cm³/mol. The zero-order valence-electron chi connectivity index (χ0n) is 16.0. The fourth-order valence-corrected chi connectivity index (χ4v) is 3.14. The summed E-state index contributed by atoms with van der Waals surface area (Å²) in [5.74, 6) is -0.193. The van der Waals surface area contributed by atoms with Crippen LogP contribution in [0.4, 0.5) is 11.6 Å². The average molecular weight is 404 g/mol. The SMILES string of the molecule is Cc1cc(C)nc(Nc2cccc(C(=O)NC3C(O)O[C@H](CO)C(O)[C@@H]3O)c2)n1. The van der Waals surface area contributed by atoms with Crippen LogP contribution >= 0.6 is 0 Å². The van der Waals surface area contributed by atoms with Crippen molar-refractivity contribution in [1.82, 2.24) is 15.3 Å². The summed E-state index contributed by atoms with van der Waals surface area (Å²) in [6.45, 7) is 3.12. The van der Waals surface area contributed by atoms with Crippen molar-refractivity contribution in [2.45, 2.75) is 44.5 Å². The number of aryl methyl sites for hydroxylation is 2. The van der Waals surface area contributed by atoms with Crippen LogP contribution in [0.15, 0.2) is 30.3 Å². The van der Waals surface area contributed by atoms with Crippen LogP contribution in [-0.2, 0) is 4.74 Å².